The fourth-order valence-electron chi connectivity index (χ4n) is 1.95. The minimum absolute atomic E-state index is 0. The molecule has 1 aromatic carbocycles. The average Bonchev–Trinajstić information content (AvgIpc) is 2.40. The number of carbonyl (C=O) groups is 1. The fourth-order valence-corrected chi connectivity index (χ4v) is 2.35. The fraction of sp³-hybridized carbons (Fsp3) is 0.400. The Hall–Kier alpha value is -0.640. The van der Waals surface area contributed by atoms with Gasteiger partial charge in [0.15, 0.2) is 5.78 Å². The molecule has 0 aliphatic heterocycles. The van der Waals surface area contributed by atoms with Gasteiger partial charge in [-0.3, -0.25) is 9.28 Å². The molecule has 0 N–H and O–H groups in total. The van der Waals surface area contributed by atoms with Crippen molar-refractivity contribution in [3.8, 4) is 0 Å². The van der Waals surface area contributed by atoms with Crippen LogP contribution in [0.25, 0.3) is 0 Å². The van der Waals surface area contributed by atoms with Crippen molar-refractivity contribution in [3.63, 3.8) is 0 Å². The van der Waals surface area contributed by atoms with E-state index in [9.17, 15) is 4.79 Å². The molecule has 0 saturated carbocycles. The summed E-state index contributed by atoms with van der Waals surface area (Å²) in [4.78, 5) is 12.1. The zero-order valence-electron chi connectivity index (χ0n) is 11.7. The quantitative estimate of drug-likeness (QED) is 0.427. The maximum Gasteiger partial charge on any atom is 0.191 e. The highest BCUT2D eigenvalue weighted by Crippen LogP contribution is 2.13. The summed E-state index contributed by atoms with van der Waals surface area (Å²) < 4.78 is 1.78. The van der Waals surface area contributed by atoms with E-state index in [1.807, 2.05) is 30.5 Å². The monoisotopic (exact) mass is 345 g/mol. The number of ketones is 1. The Morgan fingerprint density at radius 1 is 1.21 bits per heavy atom. The molecule has 2 nitrogen and oxygen atoms in total. The van der Waals surface area contributed by atoms with Crippen LogP contribution in [0, 0.1) is 0 Å². The molecule has 0 fully saturated rings. The van der Waals surface area contributed by atoms with E-state index >= 15 is 0 Å². The van der Waals surface area contributed by atoms with Gasteiger partial charge >= 0.3 is 0 Å². The van der Waals surface area contributed by atoms with Gasteiger partial charge in [-0.1, -0.05) is 28.1 Å². The van der Waals surface area contributed by atoms with Crippen molar-refractivity contribution in [2.75, 3.05) is 19.6 Å². The lowest BCUT2D eigenvalue weighted by Gasteiger charge is -2.31. The summed E-state index contributed by atoms with van der Waals surface area (Å²) in [6.45, 7) is 9.49. The van der Waals surface area contributed by atoms with Crippen molar-refractivity contribution < 1.29 is 21.7 Å². The third kappa shape index (κ3) is 5.09. The van der Waals surface area contributed by atoms with Crippen molar-refractivity contribution in [3.05, 3.63) is 46.6 Å². The van der Waals surface area contributed by atoms with E-state index in [0.717, 1.165) is 34.2 Å². The molecule has 19 heavy (non-hydrogen) atoms. The smallest absolute Gasteiger partial charge is 0.191 e. The maximum atomic E-state index is 12.1. The minimum atomic E-state index is 0. The number of nitrogens with zero attached hydrogens (tertiary/aromatic N) is 1. The van der Waals surface area contributed by atoms with Gasteiger partial charge in [0.2, 0.25) is 0 Å². The van der Waals surface area contributed by atoms with Crippen molar-refractivity contribution in [1.29, 1.82) is 0 Å². The molecule has 0 amide bonds. The molecule has 0 aliphatic carbocycles. The second-order valence-electron chi connectivity index (χ2n) is 4.36. The average molecular weight is 347 g/mol. The van der Waals surface area contributed by atoms with Gasteiger partial charge in [-0.05, 0) is 32.9 Å². The lowest BCUT2D eigenvalue weighted by atomic mass is 10.1. The molecule has 0 heterocycles. The minimum Gasteiger partial charge on any atom is -1.00 e. The first-order valence-electron chi connectivity index (χ1n) is 6.41. The zero-order chi connectivity index (χ0) is 13.6. The molecule has 0 atom stereocenters. The van der Waals surface area contributed by atoms with Crippen LogP contribution in [0.15, 0.2) is 41.0 Å². The van der Waals surface area contributed by atoms with Gasteiger partial charge in [0.1, 0.15) is 0 Å². The second kappa shape index (κ2) is 8.51. The number of rotatable bonds is 6. The van der Waals surface area contributed by atoms with Crippen LogP contribution in [0.1, 0.15) is 31.1 Å². The second-order valence-corrected chi connectivity index (χ2v) is 5.27. The van der Waals surface area contributed by atoms with E-state index in [-0.39, 0.29) is 18.2 Å². The molecule has 0 unspecified atom stereocenters. The predicted octanol–water partition coefficient (Wildman–Crippen LogP) is 1.03. The zero-order valence-corrected chi connectivity index (χ0v) is 14.0. The number of carbonyl (C=O) groups excluding carboxylic acids is 1. The molecular formula is C15H21BrClNO. The van der Waals surface area contributed by atoms with E-state index in [1.54, 1.807) is 6.08 Å². The van der Waals surface area contributed by atoms with Gasteiger partial charge in [-0.2, -0.15) is 0 Å². The summed E-state index contributed by atoms with van der Waals surface area (Å²) >= 11 is 3.38. The molecule has 0 saturated heterocycles. The Bertz CT molecular complexity index is 433. The van der Waals surface area contributed by atoms with Crippen LogP contribution in [0.5, 0.6) is 0 Å². The highest BCUT2D eigenvalue weighted by molar-refractivity contribution is 9.10. The van der Waals surface area contributed by atoms with Gasteiger partial charge in [0, 0.05) is 16.1 Å². The highest BCUT2D eigenvalue weighted by Gasteiger charge is 2.17. The Morgan fingerprint density at radius 3 is 2.26 bits per heavy atom. The molecule has 0 aliphatic rings. The van der Waals surface area contributed by atoms with Gasteiger partial charge in [-0.15, -0.1) is 0 Å². The Balaban J connectivity index is 0.00000324. The van der Waals surface area contributed by atoms with E-state index in [0.29, 0.717) is 0 Å². The first kappa shape index (κ1) is 18.4. The molecule has 1 rings (SSSR count). The Morgan fingerprint density at radius 2 is 1.79 bits per heavy atom. The number of hydrogen-bond donors (Lipinski definition) is 0. The number of benzene rings is 1. The highest BCUT2D eigenvalue weighted by atomic mass is 79.9. The topological polar surface area (TPSA) is 17.1 Å². The van der Waals surface area contributed by atoms with Crippen LogP contribution in [0.4, 0.5) is 0 Å². The number of hydrogen-bond acceptors (Lipinski definition) is 1. The van der Waals surface area contributed by atoms with E-state index in [2.05, 4.69) is 36.7 Å². The van der Waals surface area contributed by atoms with Crippen LogP contribution >= 0.6 is 15.9 Å². The van der Waals surface area contributed by atoms with E-state index in [4.69, 9.17) is 0 Å². The molecule has 0 aromatic heterocycles. The van der Waals surface area contributed by atoms with Gasteiger partial charge < -0.3 is 12.4 Å². The molecule has 106 valence electrons. The molecule has 0 bridgehead atoms. The molecule has 0 spiro atoms. The predicted molar refractivity (Wildman–Crippen MR) is 79.5 cm³/mol. The van der Waals surface area contributed by atoms with Gasteiger partial charge in [0.25, 0.3) is 0 Å². The third-order valence-corrected chi connectivity index (χ3v) is 4.03. The standard InChI is InChI=1S/C15H21BrNO.ClH/c1-4-17(5-2,6-3)11-10-15(18)13-8-7-9-14(16)12-13;/h7-12H,4-6H2,1-3H3;1H/q+1;/p-1/b11-10+;. The largest absolute Gasteiger partial charge is 1.00 e. The molecule has 1 aromatic rings. The summed E-state index contributed by atoms with van der Waals surface area (Å²) in [5.41, 5.74) is 0.724. The van der Waals surface area contributed by atoms with E-state index in [1.165, 1.54) is 0 Å². The van der Waals surface area contributed by atoms with Gasteiger partial charge in [0.05, 0.1) is 25.8 Å². The summed E-state index contributed by atoms with van der Waals surface area (Å²) in [6, 6.07) is 7.50. The first-order chi connectivity index (χ1) is 8.56. The van der Waals surface area contributed by atoms with Crippen molar-refractivity contribution in [2.45, 2.75) is 20.8 Å². The third-order valence-electron chi connectivity index (χ3n) is 3.54. The van der Waals surface area contributed by atoms with Crippen LogP contribution in [-0.4, -0.2) is 29.9 Å². The summed E-state index contributed by atoms with van der Waals surface area (Å²) in [6.07, 6.45) is 3.74. The van der Waals surface area contributed by atoms with E-state index < -0.39 is 0 Å². The van der Waals surface area contributed by atoms with Gasteiger partial charge in [-0.25, -0.2) is 0 Å². The summed E-state index contributed by atoms with van der Waals surface area (Å²) in [7, 11) is 0. The van der Waals surface area contributed by atoms with Crippen LogP contribution in [-0.2, 0) is 0 Å². The summed E-state index contributed by atoms with van der Waals surface area (Å²) in [5, 5.41) is 0. The van der Waals surface area contributed by atoms with Crippen LogP contribution in [0.3, 0.4) is 0 Å². The van der Waals surface area contributed by atoms with Crippen molar-refractivity contribution >= 4 is 21.7 Å². The normalized spacial score (nSPS) is 11.4. The molecular weight excluding hydrogens is 326 g/mol. The SMILES string of the molecule is CC[N+](/C=C/C(=O)c1cccc(Br)c1)(CC)CC.[Cl-]. The summed E-state index contributed by atoms with van der Waals surface area (Å²) in [5.74, 6) is 0.0640. The Kier molecular flexibility index (Phi) is 8.23. The van der Waals surface area contributed by atoms with Crippen molar-refractivity contribution in [2.24, 2.45) is 0 Å². The first-order valence-corrected chi connectivity index (χ1v) is 7.21. The lowest BCUT2D eigenvalue weighted by molar-refractivity contribution is -0.874. The Labute approximate surface area is 130 Å². The lowest BCUT2D eigenvalue weighted by Crippen LogP contribution is -3.00. The van der Waals surface area contributed by atoms with Crippen molar-refractivity contribution in [1.82, 2.24) is 0 Å². The number of quaternary nitrogens is 1. The van der Waals surface area contributed by atoms with Crippen LogP contribution < -0.4 is 12.4 Å². The molecule has 4 heteroatoms. The maximum absolute atomic E-state index is 12.1. The number of halogens is 2. The molecule has 0 radical (unpaired) electrons. The van der Waals surface area contributed by atoms with Crippen LogP contribution in [0.2, 0.25) is 0 Å². The number of allylic oxidation sites excluding steroid dienone is 1.